The number of fused-ring (bicyclic) bond motifs is 1. The zero-order chi connectivity index (χ0) is 14.8. The number of rotatable bonds is 4. The molecule has 21 heavy (non-hydrogen) atoms. The first-order valence-corrected chi connectivity index (χ1v) is 7.16. The van der Waals surface area contributed by atoms with Crippen LogP contribution in [0.3, 0.4) is 0 Å². The first-order chi connectivity index (χ1) is 10.2. The van der Waals surface area contributed by atoms with Crippen LogP contribution < -0.4 is 15.2 Å². The first-order valence-electron chi connectivity index (χ1n) is 7.16. The maximum Gasteiger partial charge on any atom is 0.243 e. The van der Waals surface area contributed by atoms with Crippen LogP contribution in [0.4, 0.5) is 0 Å². The lowest BCUT2D eigenvalue weighted by Gasteiger charge is -2.24. The third-order valence-electron chi connectivity index (χ3n) is 3.80. The van der Waals surface area contributed by atoms with Crippen molar-refractivity contribution >= 4 is 0 Å². The fourth-order valence-corrected chi connectivity index (χ4v) is 2.16. The molecule has 1 aromatic carbocycles. The molecule has 6 nitrogen and oxygen atoms in total. The molecule has 0 aliphatic carbocycles. The van der Waals surface area contributed by atoms with Crippen molar-refractivity contribution in [1.82, 2.24) is 10.1 Å². The second-order valence-corrected chi connectivity index (χ2v) is 5.27. The number of ether oxygens (including phenoxy) is 2. The van der Waals surface area contributed by atoms with Gasteiger partial charge in [-0.2, -0.15) is 4.98 Å². The topological polar surface area (TPSA) is 83.4 Å². The predicted octanol–water partition coefficient (Wildman–Crippen LogP) is 2.63. The fraction of sp³-hybridized carbons (Fsp3) is 0.467. The lowest BCUT2D eigenvalue weighted by Crippen LogP contribution is -2.23. The molecular weight excluding hydrogens is 270 g/mol. The Balaban J connectivity index is 1.76. The highest BCUT2D eigenvalue weighted by atomic mass is 16.6. The molecule has 2 N–H and O–H groups in total. The minimum Gasteiger partial charge on any atom is -0.485 e. The maximum atomic E-state index is 6.10. The van der Waals surface area contributed by atoms with Gasteiger partial charge in [0.1, 0.15) is 6.61 Å². The van der Waals surface area contributed by atoms with Gasteiger partial charge in [0.05, 0.1) is 6.04 Å². The van der Waals surface area contributed by atoms with Gasteiger partial charge < -0.3 is 19.7 Å². The highest BCUT2D eigenvalue weighted by molar-refractivity contribution is 5.40. The third-order valence-corrected chi connectivity index (χ3v) is 3.80. The highest BCUT2D eigenvalue weighted by Gasteiger charge is 2.28. The number of benzene rings is 1. The summed E-state index contributed by atoms with van der Waals surface area (Å²) in [5, 5.41) is 3.98. The number of hydrogen-bond acceptors (Lipinski definition) is 6. The van der Waals surface area contributed by atoms with Gasteiger partial charge in [-0.15, -0.1) is 0 Å². The van der Waals surface area contributed by atoms with E-state index in [9.17, 15) is 0 Å². The zero-order valence-electron chi connectivity index (χ0n) is 12.2. The summed E-state index contributed by atoms with van der Waals surface area (Å²) in [6.07, 6.45) is 0.580. The summed E-state index contributed by atoms with van der Waals surface area (Å²) in [4.78, 5) is 4.37. The fourth-order valence-electron chi connectivity index (χ4n) is 2.16. The van der Waals surface area contributed by atoms with Crippen LogP contribution in [0.5, 0.6) is 11.5 Å². The molecule has 0 bridgehead atoms. The van der Waals surface area contributed by atoms with Gasteiger partial charge in [-0.1, -0.05) is 37.6 Å². The minimum atomic E-state index is -0.374. The monoisotopic (exact) mass is 289 g/mol. The van der Waals surface area contributed by atoms with Crippen molar-refractivity contribution in [2.45, 2.75) is 32.4 Å². The number of para-hydroxylation sites is 2. The molecule has 2 heterocycles. The molecule has 1 aliphatic heterocycles. The van der Waals surface area contributed by atoms with Crippen molar-refractivity contribution in [2.24, 2.45) is 11.7 Å². The van der Waals surface area contributed by atoms with Crippen LogP contribution in [0.1, 0.15) is 44.1 Å². The van der Waals surface area contributed by atoms with Crippen LogP contribution in [0.2, 0.25) is 0 Å². The summed E-state index contributed by atoms with van der Waals surface area (Å²) < 4.78 is 16.8. The Bertz CT molecular complexity index is 614. The molecule has 2 aromatic rings. The van der Waals surface area contributed by atoms with E-state index in [0.29, 0.717) is 24.1 Å². The van der Waals surface area contributed by atoms with E-state index < -0.39 is 0 Å². The molecule has 1 aliphatic rings. The Labute approximate surface area is 123 Å². The average Bonchev–Trinajstić information content (AvgIpc) is 3.02. The predicted molar refractivity (Wildman–Crippen MR) is 76.0 cm³/mol. The van der Waals surface area contributed by atoms with Gasteiger partial charge in [-0.3, -0.25) is 0 Å². The average molecular weight is 289 g/mol. The molecular formula is C15H19N3O3. The highest BCUT2D eigenvalue weighted by Crippen LogP contribution is 2.35. The Kier molecular flexibility index (Phi) is 3.79. The standard InChI is InChI=1S/C15H19N3O3/c1-3-9(2)13(16)15-17-14(18-21-15)12-8-19-10-6-4-5-7-11(10)20-12/h4-7,9,12-13H,3,8,16H2,1-2H3/t9?,12?,13-/m0/s1. The molecule has 3 rings (SSSR count). The number of hydrogen-bond donors (Lipinski definition) is 1. The third kappa shape index (κ3) is 2.71. The number of nitrogens with two attached hydrogens (primary N) is 1. The molecule has 112 valence electrons. The van der Waals surface area contributed by atoms with Crippen molar-refractivity contribution in [1.29, 1.82) is 0 Å². The molecule has 6 heteroatoms. The van der Waals surface area contributed by atoms with E-state index in [-0.39, 0.29) is 18.1 Å². The van der Waals surface area contributed by atoms with E-state index >= 15 is 0 Å². The summed E-state index contributed by atoms with van der Waals surface area (Å²) in [6, 6.07) is 7.26. The van der Waals surface area contributed by atoms with Gasteiger partial charge in [0.15, 0.2) is 17.6 Å². The van der Waals surface area contributed by atoms with Gasteiger partial charge >= 0.3 is 0 Å². The van der Waals surface area contributed by atoms with Crippen LogP contribution in [0.25, 0.3) is 0 Å². The zero-order valence-corrected chi connectivity index (χ0v) is 12.2. The summed E-state index contributed by atoms with van der Waals surface area (Å²) in [5.74, 6) is 2.61. The second kappa shape index (κ2) is 5.73. The smallest absolute Gasteiger partial charge is 0.243 e. The van der Waals surface area contributed by atoms with E-state index in [1.165, 1.54) is 0 Å². The van der Waals surface area contributed by atoms with Gasteiger partial charge in [0.25, 0.3) is 0 Å². The molecule has 3 atom stereocenters. The second-order valence-electron chi connectivity index (χ2n) is 5.27. The van der Waals surface area contributed by atoms with Crippen molar-refractivity contribution in [3.05, 3.63) is 36.0 Å². The Morgan fingerprint density at radius 3 is 2.86 bits per heavy atom. The lowest BCUT2D eigenvalue weighted by molar-refractivity contribution is 0.0832. The van der Waals surface area contributed by atoms with E-state index in [0.717, 1.165) is 12.2 Å². The summed E-state index contributed by atoms with van der Waals surface area (Å²) in [7, 11) is 0. The van der Waals surface area contributed by atoms with Crippen LogP contribution in [-0.2, 0) is 0 Å². The maximum absolute atomic E-state index is 6.10. The largest absolute Gasteiger partial charge is 0.485 e. The minimum absolute atomic E-state index is 0.256. The summed E-state index contributed by atoms with van der Waals surface area (Å²) in [6.45, 7) is 4.50. The van der Waals surface area contributed by atoms with Crippen LogP contribution in [-0.4, -0.2) is 16.7 Å². The number of nitrogens with zero attached hydrogens (tertiary/aromatic N) is 2. The Hall–Kier alpha value is -2.08. The van der Waals surface area contributed by atoms with Gasteiger partial charge in [-0.25, -0.2) is 0 Å². The summed E-state index contributed by atoms with van der Waals surface area (Å²) >= 11 is 0. The SMILES string of the molecule is CCC(C)[C@H](N)c1nc(C2COc3ccccc3O2)no1. The first kappa shape index (κ1) is 13.9. The molecule has 2 unspecified atom stereocenters. The molecule has 0 saturated carbocycles. The lowest BCUT2D eigenvalue weighted by atomic mass is 10.0. The van der Waals surface area contributed by atoms with Crippen molar-refractivity contribution < 1.29 is 14.0 Å². The van der Waals surface area contributed by atoms with Crippen LogP contribution in [0, 0.1) is 5.92 Å². The normalized spacial score (nSPS) is 20.0. The van der Waals surface area contributed by atoms with Gasteiger partial charge in [-0.05, 0) is 18.1 Å². The molecule has 0 radical (unpaired) electrons. The number of aromatic nitrogens is 2. The van der Waals surface area contributed by atoms with Gasteiger partial charge in [0.2, 0.25) is 11.7 Å². The van der Waals surface area contributed by atoms with E-state index in [1.54, 1.807) is 0 Å². The quantitative estimate of drug-likeness (QED) is 0.931. The molecule has 0 amide bonds. The van der Waals surface area contributed by atoms with Crippen LogP contribution >= 0.6 is 0 Å². The van der Waals surface area contributed by atoms with E-state index in [2.05, 4.69) is 24.0 Å². The Morgan fingerprint density at radius 1 is 1.33 bits per heavy atom. The van der Waals surface area contributed by atoms with Crippen molar-refractivity contribution in [3.8, 4) is 11.5 Å². The molecule has 0 fully saturated rings. The molecule has 0 saturated heterocycles. The van der Waals surface area contributed by atoms with Crippen LogP contribution in [0.15, 0.2) is 28.8 Å². The Morgan fingerprint density at radius 2 is 2.10 bits per heavy atom. The molecule has 0 spiro atoms. The van der Waals surface area contributed by atoms with Crippen molar-refractivity contribution in [2.75, 3.05) is 6.61 Å². The van der Waals surface area contributed by atoms with E-state index in [1.807, 2.05) is 24.3 Å². The molecule has 1 aromatic heterocycles. The van der Waals surface area contributed by atoms with Gasteiger partial charge in [0, 0.05) is 0 Å². The summed E-state index contributed by atoms with van der Waals surface area (Å²) in [5.41, 5.74) is 6.10. The van der Waals surface area contributed by atoms with E-state index in [4.69, 9.17) is 19.7 Å². The van der Waals surface area contributed by atoms with Crippen molar-refractivity contribution in [3.63, 3.8) is 0 Å².